The molecular weight excluding hydrogens is 290 g/mol. The number of aliphatic hydroxyl groups is 1. The van der Waals surface area contributed by atoms with Gasteiger partial charge in [-0.3, -0.25) is 4.98 Å². The topological polar surface area (TPSA) is 33.1 Å². The van der Waals surface area contributed by atoms with Gasteiger partial charge < -0.3 is 5.11 Å². The highest BCUT2D eigenvalue weighted by Crippen LogP contribution is 2.34. The maximum absolute atomic E-state index is 10.2. The summed E-state index contributed by atoms with van der Waals surface area (Å²) < 4.78 is 1.02. The number of hydrogen-bond donors (Lipinski definition) is 1. The van der Waals surface area contributed by atoms with E-state index in [1.165, 1.54) is 31.2 Å². The van der Waals surface area contributed by atoms with Crippen LogP contribution in [0.2, 0.25) is 0 Å². The number of hydrogen-bond acceptors (Lipinski definition) is 2. The van der Waals surface area contributed by atoms with Crippen LogP contribution in [0.1, 0.15) is 44.6 Å². The summed E-state index contributed by atoms with van der Waals surface area (Å²) in [6.45, 7) is 2.25. The normalized spacial score (nSPS) is 28.3. The van der Waals surface area contributed by atoms with E-state index in [-0.39, 0.29) is 6.10 Å². The van der Waals surface area contributed by atoms with E-state index in [9.17, 15) is 5.11 Å². The molecule has 3 unspecified atom stereocenters. The minimum Gasteiger partial charge on any atom is -0.393 e. The van der Waals surface area contributed by atoms with Crippen molar-refractivity contribution in [3.05, 3.63) is 28.5 Å². The van der Waals surface area contributed by atoms with Crippen molar-refractivity contribution < 1.29 is 5.11 Å². The zero-order chi connectivity index (χ0) is 13.0. The van der Waals surface area contributed by atoms with Crippen molar-refractivity contribution in [3.8, 4) is 0 Å². The van der Waals surface area contributed by atoms with Gasteiger partial charge in [-0.1, -0.05) is 19.8 Å². The third-order valence-electron chi connectivity index (χ3n) is 4.01. The first-order valence-corrected chi connectivity index (χ1v) is 7.75. The van der Waals surface area contributed by atoms with Crippen LogP contribution in [0.15, 0.2) is 22.9 Å². The molecule has 0 saturated heterocycles. The van der Waals surface area contributed by atoms with Crippen molar-refractivity contribution in [2.45, 2.75) is 51.6 Å². The molecule has 2 rings (SSSR count). The van der Waals surface area contributed by atoms with Gasteiger partial charge in [0.25, 0.3) is 0 Å². The number of rotatable bonds is 4. The Hall–Kier alpha value is -0.410. The Labute approximate surface area is 118 Å². The molecule has 1 N–H and O–H groups in total. The second kappa shape index (κ2) is 6.67. The van der Waals surface area contributed by atoms with Crippen molar-refractivity contribution in [2.24, 2.45) is 11.8 Å². The van der Waals surface area contributed by atoms with Crippen molar-refractivity contribution >= 4 is 15.9 Å². The molecule has 100 valence electrons. The van der Waals surface area contributed by atoms with Crippen LogP contribution >= 0.6 is 15.9 Å². The predicted octanol–water partition coefficient (Wildman–Crippen LogP) is 3.96. The fraction of sp³-hybridized carbons (Fsp3) is 0.667. The van der Waals surface area contributed by atoms with Crippen LogP contribution in [0, 0.1) is 11.8 Å². The van der Waals surface area contributed by atoms with E-state index in [1.54, 1.807) is 6.20 Å². The van der Waals surface area contributed by atoms with E-state index in [4.69, 9.17) is 0 Å². The van der Waals surface area contributed by atoms with Crippen molar-refractivity contribution in [1.82, 2.24) is 4.98 Å². The van der Waals surface area contributed by atoms with Gasteiger partial charge in [0.05, 0.1) is 6.10 Å². The van der Waals surface area contributed by atoms with Crippen molar-refractivity contribution in [3.63, 3.8) is 0 Å². The Kier molecular flexibility index (Phi) is 5.19. The monoisotopic (exact) mass is 311 g/mol. The summed E-state index contributed by atoms with van der Waals surface area (Å²) in [4.78, 5) is 4.20. The molecule has 3 heteroatoms. The Balaban J connectivity index is 1.98. The summed E-state index contributed by atoms with van der Waals surface area (Å²) in [6.07, 6.45) is 10.4. The lowest BCUT2D eigenvalue weighted by atomic mass is 9.75. The first kappa shape index (κ1) is 14.0. The summed E-state index contributed by atoms with van der Waals surface area (Å²) in [5.41, 5.74) is 1.23. The summed E-state index contributed by atoms with van der Waals surface area (Å²) in [7, 11) is 0. The van der Waals surface area contributed by atoms with E-state index in [1.807, 2.05) is 6.20 Å². The maximum Gasteiger partial charge on any atom is 0.0571 e. The fourth-order valence-corrected chi connectivity index (χ4v) is 3.52. The molecule has 1 aliphatic carbocycles. The third-order valence-corrected chi connectivity index (χ3v) is 4.44. The largest absolute Gasteiger partial charge is 0.393 e. The van der Waals surface area contributed by atoms with E-state index < -0.39 is 0 Å². The lowest BCUT2D eigenvalue weighted by Gasteiger charge is -2.33. The third kappa shape index (κ3) is 3.79. The molecule has 0 aliphatic heterocycles. The molecule has 18 heavy (non-hydrogen) atoms. The van der Waals surface area contributed by atoms with Crippen LogP contribution in [0.25, 0.3) is 0 Å². The molecule has 0 amide bonds. The van der Waals surface area contributed by atoms with Crippen LogP contribution in [0.3, 0.4) is 0 Å². The van der Waals surface area contributed by atoms with Crippen LogP contribution in [0.5, 0.6) is 0 Å². The lowest BCUT2D eigenvalue weighted by Crippen LogP contribution is -2.30. The van der Waals surface area contributed by atoms with Gasteiger partial charge in [-0.05, 0) is 65.1 Å². The highest BCUT2D eigenvalue weighted by atomic mass is 79.9. The SMILES string of the molecule is CCCC1CCC(O)C(Cc2cncc(Br)c2)C1. The summed E-state index contributed by atoms with van der Waals surface area (Å²) >= 11 is 3.45. The van der Waals surface area contributed by atoms with Gasteiger partial charge in [0.15, 0.2) is 0 Å². The number of halogens is 1. The second-order valence-corrected chi connectivity index (χ2v) is 6.43. The first-order valence-electron chi connectivity index (χ1n) is 6.96. The molecule has 0 bridgehead atoms. The smallest absolute Gasteiger partial charge is 0.0571 e. The van der Waals surface area contributed by atoms with E-state index in [2.05, 4.69) is 33.9 Å². The van der Waals surface area contributed by atoms with Gasteiger partial charge in [0.2, 0.25) is 0 Å². The molecule has 1 saturated carbocycles. The Morgan fingerprint density at radius 3 is 2.94 bits per heavy atom. The number of aliphatic hydroxyl groups excluding tert-OH is 1. The highest BCUT2D eigenvalue weighted by molar-refractivity contribution is 9.10. The molecule has 0 radical (unpaired) electrons. The van der Waals surface area contributed by atoms with Crippen molar-refractivity contribution in [1.29, 1.82) is 0 Å². The highest BCUT2D eigenvalue weighted by Gasteiger charge is 2.28. The molecular formula is C15H22BrNO. The quantitative estimate of drug-likeness (QED) is 0.913. The molecule has 2 nitrogen and oxygen atoms in total. The molecule has 0 aromatic carbocycles. The van der Waals surface area contributed by atoms with Crippen LogP contribution in [0.4, 0.5) is 0 Å². The van der Waals surface area contributed by atoms with Gasteiger partial charge in [-0.15, -0.1) is 0 Å². The molecule has 1 heterocycles. The molecule has 0 spiro atoms. The first-order chi connectivity index (χ1) is 8.69. The number of pyridine rings is 1. The van der Waals surface area contributed by atoms with Gasteiger partial charge in [0.1, 0.15) is 0 Å². The van der Waals surface area contributed by atoms with Crippen LogP contribution in [-0.4, -0.2) is 16.2 Å². The summed E-state index contributed by atoms with van der Waals surface area (Å²) in [5, 5.41) is 10.2. The standard InChI is InChI=1S/C15H22BrNO/c1-2-3-11-4-5-15(18)13(6-11)7-12-8-14(16)10-17-9-12/h8-11,13,15,18H,2-7H2,1H3. The van der Waals surface area contributed by atoms with Gasteiger partial charge >= 0.3 is 0 Å². The van der Waals surface area contributed by atoms with E-state index in [0.29, 0.717) is 5.92 Å². The van der Waals surface area contributed by atoms with Gasteiger partial charge in [-0.25, -0.2) is 0 Å². The van der Waals surface area contributed by atoms with E-state index >= 15 is 0 Å². The zero-order valence-electron chi connectivity index (χ0n) is 11.0. The van der Waals surface area contributed by atoms with E-state index in [0.717, 1.165) is 23.2 Å². The zero-order valence-corrected chi connectivity index (χ0v) is 12.6. The molecule has 1 aromatic heterocycles. The minimum atomic E-state index is -0.128. The minimum absolute atomic E-state index is 0.128. The molecule has 1 aromatic rings. The second-order valence-electron chi connectivity index (χ2n) is 5.51. The Morgan fingerprint density at radius 2 is 2.22 bits per heavy atom. The molecule has 1 fully saturated rings. The van der Waals surface area contributed by atoms with Crippen LogP contribution < -0.4 is 0 Å². The van der Waals surface area contributed by atoms with Gasteiger partial charge in [0, 0.05) is 16.9 Å². The van der Waals surface area contributed by atoms with Crippen LogP contribution in [-0.2, 0) is 6.42 Å². The van der Waals surface area contributed by atoms with Crippen molar-refractivity contribution in [2.75, 3.05) is 0 Å². The summed E-state index contributed by atoms with van der Waals surface area (Å²) in [6, 6.07) is 2.11. The number of aromatic nitrogens is 1. The maximum atomic E-state index is 10.2. The Morgan fingerprint density at radius 1 is 1.39 bits per heavy atom. The van der Waals surface area contributed by atoms with Gasteiger partial charge in [-0.2, -0.15) is 0 Å². The average molecular weight is 312 g/mol. The Bertz CT molecular complexity index is 383. The predicted molar refractivity (Wildman–Crippen MR) is 77.4 cm³/mol. The molecule has 3 atom stereocenters. The summed E-state index contributed by atoms with van der Waals surface area (Å²) in [5.74, 6) is 1.22. The fourth-order valence-electron chi connectivity index (χ4n) is 3.11. The lowest BCUT2D eigenvalue weighted by molar-refractivity contribution is 0.0462. The molecule has 1 aliphatic rings. The average Bonchev–Trinajstić information content (AvgIpc) is 2.34. The number of nitrogens with zero attached hydrogens (tertiary/aromatic N) is 1.